The molecule has 2 aromatic rings. The van der Waals surface area contributed by atoms with Crippen LogP contribution in [0.3, 0.4) is 0 Å². The maximum absolute atomic E-state index is 4.54. The molecule has 3 rings (SSSR count). The van der Waals surface area contributed by atoms with E-state index in [1.165, 1.54) is 32.1 Å². The van der Waals surface area contributed by atoms with Crippen LogP contribution in [0.2, 0.25) is 0 Å². The van der Waals surface area contributed by atoms with E-state index in [0.29, 0.717) is 11.6 Å². The van der Waals surface area contributed by atoms with E-state index >= 15 is 0 Å². The van der Waals surface area contributed by atoms with E-state index in [1.54, 1.807) is 6.33 Å². The van der Waals surface area contributed by atoms with Gasteiger partial charge in [-0.2, -0.15) is 9.97 Å². The molecule has 0 spiro atoms. The highest BCUT2D eigenvalue weighted by Crippen LogP contribution is 2.25. The molecule has 0 atom stereocenters. The number of imidazole rings is 1. The lowest BCUT2D eigenvalue weighted by Gasteiger charge is -2.22. The molecule has 6 heteroatoms. The molecule has 0 aromatic carbocycles. The predicted octanol–water partition coefficient (Wildman–Crippen LogP) is 2.78. The molecule has 0 radical (unpaired) electrons. The highest BCUT2D eigenvalue weighted by atomic mass is 15.2. The van der Waals surface area contributed by atoms with Gasteiger partial charge in [-0.3, -0.25) is 0 Å². The molecule has 108 valence electrons. The first-order valence-corrected chi connectivity index (χ1v) is 7.55. The van der Waals surface area contributed by atoms with Crippen LogP contribution in [0.5, 0.6) is 0 Å². The minimum Gasteiger partial charge on any atom is -0.368 e. The Morgan fingerprint density at radius 1 is 1.20 bits per heavy atom. The first kappa shape index (κ1) is 13.1. The van der Waals surface area contributed by atoms with Gasteiger partial charge in [0.25, 0.3) is 0 Å². The SMILES string of the molecule is CCNc1nc(NCC2CCCCC2)c2[nH]cnc2n1. The summed E-state index contributed by atoms with van der Waals surface area (Å²) in [7, 11) is 0. The van der Waals surface area contributed by atoms with Crippen LogP contribution in [0.1, 0.15) is 39.0 Å². The van der Waals surface area contributed by atoms with E-state index < -0.39 is 0 Å². The van der Waals surface area contributed by atoms with Gasteiger partial charge in [0.2, 0.25) is 5.95 Å². The molecule has 1 saturated carbocycles. The minimum atomic E-state index is 0.637. The fraction of sp³-hybridized carbons (Fsp3) is 0.643. The molecular weight excluding hydrogens is 252 g/mol. The molecule has 2 heterocycles. The third-order valence-electron chi connectivity index (χ3n) is 3.90. The highest BCUT2D eigenvalue weighted by Gasteiger charge is 2.15. The number of rotatable bonds is 5. The highest BCUT2D eigenvalue weighted by molar-refractivity contribution is 5.83. The van der Waals surface area contributed by atoms with Crippen LogP contribution >= 0.6 is 0 Å². The predicted molar refractivity (Wildman–Crippen MR) is 80.9 cm³/mol. The number of hydrogen-bond acceptors (Lipinski definition) is 5. The maximum atomic E-state index is 4.54. The quantitative estimate of drug-likeness (QED) is 0.781. The summed E-state index contributed by atoms with van der Waals surface area (Å²) in [5, 5.41) is 6.63. The summed E-state index contributed by atoms with van der Waals surface area (Å²) in [5.74, 6) is 2.26. The Morgan fingerprint density at radius 3 is 2.85 bits per heavy atom. The van der Waals surface area contributed by atoms with Crippen molar-refractivity contribution < 1.29 is 0 Å². The number of nitrogens with one attached hydrogen (secondary N) is 3. The van der Waals surface area contributed by atoms with E-state index in [2.05, 4.69) is 30.6 Å². The molecule has 6 nitrogen and oxygen atoms in total. The maximum Gasteiger partial charge on any atom is 0.226 e. The van der Waals surface area contributed by atoms with Gasteiger partial charge in [0.05, 0.1) is 6.33 Å². The second-order valence-electron chi connectivity index (χ2n) is 5.41. The van der Waals surface area contributed by atoms with Crippen molar-refractivity contribution in [3.05, 3.63) is 6.33 Å². The number of aromatic nitrogens is 4. The van der Waals surface area contributed by atoms with Gasteiger partial charge in [-0.15, -0.1) is 0 Å². The largest absolute Gasteiger partial charge is 0.368 e. The van der Waals surface area contributed by atoms with Crippen LogP contribution in [0.15, 0.2) is 6.33 Å². The van der Waals surface area contributed by atoms with Crippen LogP contribution in [-0.2, 0) is 0 Å². The molecule has 1 aliphatic carbocycles. The number of hydrogen-bond donors (Lipinski definition) is 3. The third kappa shape index (κ3) is 2.84. The molecule has 0 aliphatic heterocycles. The molecular formula is C14H22N6. The Kier molecular flexibility index (Phi) is 3.99. The molecule has 2 aromatic heterocycles. The number of fused-ring (bicyclic) bond motifs is 1. The Bertz CT molecular complexity index is 558. The summed E-state index contributed by atoms with van der Waals surface area (Å²) in [6, 6.07) is 0. The zero-order chi connectivity index (χ0) is 13.8. The van der Waals surface area contributed by atoms with E-state index in [1.807, 2.05) is 6.92 Å². The monoisotopic (exact) mass is 274 g/mol. The van der Waals surface area contributed by atoms with Crippen LogP contribution in [0.25, 0.3) is 11.2 Å². The van der Waals surface area contributed by atoms with Crippen molar-refractivity contribution in [3.63, 3.8) is 0 Å². The summed E-state index contributed by atoms with van der Waals surface area (Å²) in [6.45, 7) is 3.82. The van der Waals surface area contributed by atoms with Crippen molar-refractivity contribution in [1.82, 2.24) is 19.9 Å². The lowest BCUT2D eigenvalue weighted by Crippen LogP contribution is -2.18. The molecule has 1 aliphatic rings. The fourth-order valence-corrected chi connectivity index (χ4v) is 2.83. The lowest BCUT2D eigenvalue weighted by molar-refractivity contribution is 0.373. The first-order valence-electron chi connectivity index (χ1n) is 7.55. The summed E-state index contributed by atoms with van der Waals surface area (Å²) >= 11 is 0. The molecule has 0 amide bonds. The van der Waals surface area contributed by atoms with Gasteiger partial charge < -0.3 is 15.6 Å². The van der Waals surface area contributed by atoms with E-state index in [-0.39, 0.29) is 0 Å². The van der Waals surface area contributed by atoms with E-state index in [0.717, 1.165) is 30.3 Å². The third-order valence-corrected chi connectivity index (χ3v) is 3.90. The first-order chi connectivity index (χ1) is 9.86. The van der Waals surface area contributed by atoms with Crippen molar-refractivity contribution in [2.45, 2.75) is 39.0 Å². The minimum absolute atomic E-state index is 0.637. The van der Waals surface area contributed by atoms with Crippen LogP contribution in [0.4, 0.5) is 11.8 Å². The van der Waals surface area contributed by atoms with Crippen molar-refractivity contribution >= 4 is 22.9 Å². The number of H-pyrrole nitrogens is 1. The van der Waals surface area contributed by atoms with Crippen LogP contribution < -0.4 is 10.6 Å². The molecule has 0 bridgehead atoms. The average Bonchev–Trinajstić information content (AvgIpc) is 2.95. The van der Waals surface area contributed by atoms with Gasteiger partial charge in [0, 0.05) is 13.1 Å². The summed E-state index contributed by atoms with van der Waals surface area (Å²) in [6.07, 6.45) is 8.42. The summed E-state index contributed by atoms with van der Waals surface area (Å²) in [5.41, 5.74) is 1.60. The number of aromatic amines is 1. The zero-order valence-corrected chi connectivity index (χ0v) is 11.9. The summed E-state index contributed by atoms with van der Waals surface area (Å²) in [4.78, 5) is 16.3. The van der Waals surface area contributed by atoms with Crippen molar-refractivity contribution in [1.29, 1.82) is 0 Å². The van der Waals surface area contributed by atoms with Crippen LogP contribution in [0, 0.1) is 5.92 Å². The standard InChI is InChI=1S/C14H22N6/c1-2-15-14-19-12(11-13(20-14)18-9-17-11)16-8-10-6-4-3-5-7-10/h9-10H,2-8H2,1H3,(H3,15,16,17,18,19,20). The topological polar surface area (TPSA) is 78.5 Å². The average molecular weight is 274 g/mol. The Morgan fingerprint density at radius 2 is 2.05 bits per heavy atom. The zero-order valence-electron chi connectivity index (χ0n) is 11.9. The molecule has 20 heavy (non-hydrogen) atoms. The fourth-order valence-electron chi connectivity index (χ4n) is 2.83. The normalized spacial score (nSPS) is 16.4. The Hall–Kier alpha value is -1.85. The molecule has 0 unspecified atom stereocenters. The molecule has 0 saturated heterocycles. The van der Waals surface area contributed by atoms with Gasteiger partial charge in [-0.25, -0.2) is 4.98 Å². The molecule has 3 N–H and O–H groups in total. The summed E-state index contributed by atoms with van der Waals surface area (Å²) < 4.78 is 0. The Labute approximate surface area is 118 Å². The smallest absolute Gasteiger partial charge is 0.226 e. The van der Waals surface area contributed by atoms with Gasteiger partial charge in [-0.05, 0) is 25.7 Å². The van der Waals surface area contributed by atoms with Gasteiger partial charge >= 0.3 is 0 Å². The number of anilines is 2. The second-order valence-corrected chi connectivity index (χ2v) is 5.41. The van der Waals surface area contributed by atoms with Crippen molar-refractivity contribution in [3.8, 4) is 0 Å². The van der Waals surface area contributed by atoms with Gasteiger partial charge in [0.15, 0.2) is 11.5 Å². The van der Waals surface area contributed by atoms with E-state index in [9.17, 15) is 0 Å². The van der Waals surface area contributed by atoms with Crippen LogP contribution in [-0.4, -0.2) is 33.0 Å². The lowest BCUT2D eigenvalue weighted by atomic mass is 9.89. The van der Waals surface area contributed by atoms with Gasteiger partial charge in [-0.1, -0.05) is 19.3 Å². The second kappa shape index (κ2) is 6.07. The van der Waals surface area contributed by atoms with Crippen molar-refractivity contribution in [2.75, 3.05) is 23.7 Å². The number of nitrogens with zero attached hydrogens (tertiary/aromatic N) is 3. The molecule has 1 fully saturated rings. The van der Waals surface area contributed by atoms with Gasteiger partial charge in [0.1, 0.15) is 5.52 Å². The Balaban J connectivity index is 1.76. The van der Waals surface area contributed by atoms with Crippen molar-refractivity contribution in [2.24, 2.45) is 5.92 Å². The van der Waals surface area contributed by atoms with E-state index in [4.69, 9.17) is 0 Å².